The van der Waals surface area contributed by atoms with Crippen LogP contribution in [-0.4, -0.2) is 63.5 Å². The number of hydrogen-bond donors (Lipinski definition) is 4. The Balaban J connectivity index is 1.84. The number of carbonyl (C=O) groups is 2. The second-order valence-electron chi connectivity index (χ2n) is 8.74. The van der Waals surface area contributed by atoms with Crippen LogP contribution in [0, 0.1) is 17.8 Å². The number of fused-ring (bicyclic) bond motifs is 1. The Bertz CT molecular complexity index is 921. The topological polar surface area (TPSA) is 118 Å². The van der Waals surface area contributed by atoms with Crippen molar-refractivity contribution in [3.8, 4) is 5.75 Å². The summed E-state index contributed by atoms with van der Waals surface area (Å²) in [4.78, 5) is 26.2. The van der Waals surface area contributed by atoms with Gasteiger partial charge < -0.3 is 20.4 Å². The maximum atomic E-state index is 12.7. The van der Waals surface area contributed by atoms with Crippen LogP contribution in [0.25, 0.3) is 6.08 Å². The lowest BCUT2D eigenvalue weighted by Crippen LogP contribution is -2.39. The van der Waals surface area contributed by atoms with Crippen molar-refractivity contribution in [2.75, 3.05) is 20.3 Å². The van der Waals surface area contributed by atoms with Gasteiger partial charge in [-0.2, -0.15) is 0 Å². The zero-order chi connectivity index (χ0) is 23.4. The van der Waals surface area contributed by atoms with Gasteiger partial charge in [-0.05, 0) is 42.9 Å². The van der Waals surface area contributed by atoms with E-state index < -0.39 is 23.9 Å². The molecular formula is C25H33NO6. The molecule has 4 N–H and O–H groups in total. The van der Waals surface area contributed by atoms with Crippen molar-refractivity contribution < 1.29 is 30.0 Å². The molecule has 0 saturated carbocycles. The summed E-state index contributed by atoms with van der Waals surface area (Å²) < 4.78 is 0. The molecule has 1 aliphatic carbocycles. The zero-order valence-electron chi connectivity index (χ0n) is 18.7. The highest BCUT2D eigenvalue weighted by atomic mass is 16.3. The number of aliphatic hydroxyl groups excluding tert-OH is 3. The highest BCUT2D eigenvalue weighted by Gasteiger charge is 2.53. The van der Waals surface area contributed by atoms with Gasteiger partial charge in [0, 0.05) is 18.5 Å². The first-order valence-electron chi connectivity index (χ1n) is 11.2. The number of carbonyl (C=O) groups excluding carboxylic acids is 2. The maximum absolute atomic E-state index is 12.7. The summed E-state index contributed by atoms with van der Waals surface area (Å²) in [5.41, 5.74) is 2.81. The summed E-state index contributed by atoms with van der Waals surface area (Å²) in [6.45, 7) is 1.36. The molecule has 3 rings (SSSR count). The minimum absolute atomic E-state index is 0.194. The second-order valence-corrected chi connectivity index (χ2v) is 8.74. The van der Waals surface area contributed by atoms with Gasteiger partial charge in [-0.1, -0.05) is 43.2 Å². The number of nitrogens with zero attached hydrogens (tertiary/aromatic N) is 1. The van der Waals surface area contributed by atoms with E-state index in [1.54, 1.807) is 12.1 Å². The number of hydrogen-bond acceptors (Lipinski definition) is 6. The predicted octanol–water partition coefficient (Wildman–Crippen LogP) is 2.25. The Hall–Kier alpha value is -2.48. The van der Waals surface area contributed by atoms with Crippen molar-refractivity contribution in [3.63, 3.8) is 0 Å². The molecule has 0 radical (unpaired) electrons. The standard InChI is InChI=1S/C25H33NO6/c1-3-6-15(11-16-7-4-5-8-20(16)29)9-10-21(30)22-17(13-27)12-18-23(19(22)14-28)25(32)26(2)24(18)31/h4-5,7-8,11,18-19,21,23,27-30H,3,6,9-10,12-14H2,1-2H3/b15-11+/t18-,19+,21-,23-/m1/s1. The summed E-state index contributed by atoms with van der Waals surface area (Å²) in [5.74, 6) is -2.44. The molecule has 7 nitrogen and oxygen atoms in total. The number of aliphatic hydroxyl groups is 3. The van der Waals surface area contributed by atoms with E-state index in [-0.39, 0.29) is 37.2 Å². The normalized spacial score (nSPS) is 24.8. The fourth-order valence-electron chi connectivity index (χ4n) is 5.16. The summed E-state index contributed by atoms with van der Waals surface area (Å²) in [5, 5.41) is 41.2. The van der Waals surface area contributed by atoms with Crippen LogP contribution in [-0.2, 0) is 9.59 Å². The molecule has 2 aliphatic rings. The van der Waals surface area contributed by atoms with E-state index in [2.05, 4.69) is 6.92 Å². The molecule has 1 aliphatic heterocycles. The molecule has 0 unspecified atom stereocenters. The molecule has 1 aromatic carbocycles. The van der Waals surface area contributed by atoms with Crippen molar-refractivity contribution in [2.45, 2.75) is 45.1 Å². The number of rotatable bonds is 9. The zero-order valence-corrected chi connectivity index (χ0v) is 18.7. The van der Waals surface area contributed by atoms with E-state index in [9.17, 15) is 30.0 Å². The molecule has 0 spiro atoms. The van der Waals surface area contributed by atoms with E-state index in [1.165, 1.54) is 7.05 Å². The van der Waals surface area contributed by atoms with Crippen LogP contribution in [0.3, 0.4) is 0 Å². The molecule has 0 aromatic heterocycles. The van der Waals surface area contributed by atoms with Crippen molar-refractivity contribution in [1.29, 1.82) is 0 Å². The lowest BCUT2D eigenvalue weighted by atomic mass is 9.68. The molecule has 32 heavy (non-hydrogen) atoms. The van der Waals surface area contributed by atoms with E-state index in [0.29, 0.717) is 29.6 Å². The lowest BCUT2D eigenvalue weighted by molar-refractivity contribution is -0.138. The fourth-order valence-corrected chi connectivity index (χ4v) is 5.16. The van der Waals surface area contributed by atoms with E-state index in [4.69, 9.17) is 0 Å². The number of likely N-dealkylation sites (tertiary alicyclic amines) is 1. The number of para-hydroxylation sites is 1. The Labute approximate surface area is 188 Å². The average Bonchev–Trinajstić information content (AvgIpc) is 3.01. The number of allylic oxidation sites excluding steroid dienone is 1. The smallest absolute Gasteiger partial charge is 0.233 e. The largest absolute Gasteiger partial charge is 0.507 e. The van der Waals surface area contributed by atoms with Crippen LogP contribution in [0.1, 0.15) is 44.6 Å². The summed E-state index contributed by atoms with van der Waals surface area (Å²) in [7, 11) is 1.44. The third-order valence-corrected chi connectivity index (χ3v) is 6.76. The van der Waals surface area contributed by atoms with Crippen molar-refractivity contribution in [3.05, 3.63) is 46.5 Å². The molecule has 1 fully saturated rings. The van der Waals surface area contributed by atoms with Crippen molar-refractivity contribution in [1.82, 2.24) is 4.90 Å². The first kappa shape index (κ1) is 24.2. The van der Waals surface area contributed by atoms with Gasteiger partial charge in [0.05, 0.1) is 31.2 Å². The number of amides is 2. The van der Waals surface area contributed by atoms with Gasteiger partial charge in [-0.15, -0.1) is 0 Å². The Morgan fingerprint density at radius 1 is 1.19 bits per heavy atom. The Morgan fingerprint density at radius 3 is 2.53 bits per heavy atom. The first-order valence-corrected chi connectivity index (χ1v) is 11.2. The van der Waals surface area contributed by atoms with Gasteiger partial charge in [0.2, 0.25) is 11.8 Å². The summed E-state index contributed by atoms with van der Waals surface area (Å²) in [6, 6.07) is 7.07. The second kappa shape index (κ2) is 10.4. The fraction of sp³-hybridized carbons (Fsp3) is 0.520. The molecular weight excluding hydrogens is 410 g/mol. The number of aromatic hydroxyl groups is 1. The van der Waals surface area contributed by atoms with Gasteiger partial charge >= 0.3 is 0 Å². The summed E-state index contributed by atoms with van der Waals surface area (Å²) in [6.07, 6.45) is 3.82. The minimum Gasteiger partial charge on any atom is -0.507 e. The number of imide groups is 1. The Morgan fingerprint density at radius 2 is 1.91 bits per heavy atom. The summed E-state index contributed by atoms with van der Waals surface area (Å²) >= 11 is 0. The molecule has 2 amide bonds. The van der Waals surface area contributed by atoms with Gasteiger partial charge in [0.15, 0.2) is 0 Å². The predicted molar refractivity (Wildman–Crippen MR) is 120 cm³/mol. The van der Waals surface area contributed by atoms with Gasteiger partial charge in [-0.3, -0.25) is 14.5 Å². The molecule has 1 saturated heterocycles. The van der Waals surface area contributed by atoms with Gasteiger partial charge in [0.25, 0.3) is 0 Å². The minimum atomic E-state index is -0.950. The third kappa shape index (κ3) is 4.65. The van der Waals surface area contributed by atoms with E-state index >= 15 is 0 Å². The molecule has 4 atom stereocenters. The third-order valence-electron chi connectivity index (χ3n) is 6.76. The van der Waals surface area contributed by atoms with E-state index in [1.807, 2.05) is 18.2 Å². The lowest BCUT2D eigenvalue weighted by Gasteiger charge is -2.36. The van der Waals surface area contributed by atoms with Crippen LogP contribution < -0.4 is 0 Å². The van der Waals surface area contributed by atoms with Crippen LogP contribution in [0.2, 0.25) is 0 Å². The van der Waals surface area contributed by atoms with Crippen molar-refractivity contribution in [2.24, 2.45) is 17.8 Å². The quantitative estimate of drug-likeness (QED) is 0.343. The molecule has 1 aromatic rings. The number of benzene rings is 1. The first-order chi connectivity index (χ1) is 15.3. The van der Waals surface area contributed by atoms with Crippen molar-refractivity contribution >= 4 is 17.9 Å². The Kier molecular flexibility index (Phi) is 7.87. The van der Waals surface area contributed by atoms with Crippen LogP contribution in [0.4, 0.5) is 0 Å². The molecule has 174 valence electrons. The monoisotopic (exact) mass is 443 g/mol. The molecule has 7 heteroatoms. The average molecular weight is 444 g/mol. The number of phenolic OH excluding ortho intramolecular Hbond substituents is 1. The van der Waals surface area contributed by atoms with Crippen LogP contribution in [0.5, 0.6) is 5.75 Å². The highest BCUT2D eigenvalue weighted by molar-refractivity contribution is 6.05. The molecule has 0 bridgehead atoms. The van der Waals surface area contributed by atoms with E-state index in [0.717, 1.165) is 23.3 Å². The van der Waals surface area contributed by atoms with Gasteiger partial charge in [0.1, 0.15) is 5.75 Å². The van der Waals surface area contributed by atoms with Crippen LogP contribution in [0.15, 0.2) is 41.0 Å². The van der Waals surface area contributed by atoms with Crippen LogP contribution >= 0.6 is 0 Å². The maximum Gasteiger partial charge on any atom is 0.233 e. The van der Waals surface area contributed by atoms with Gasteiger partial charge in [-0.25, -0.2) is 0 Å². The number of phenols is 1. The SMILES string of the molecule is CCC/C(=C\c1ccccc1O)CC[C@@H](O)C1=C(CO)C[C@H]2C(=O)N(C)C(=O)[C@H]2[C@H]1CO. The molecule has 1 heterocycles. The highest BCUT2D eigenvalue weighted by Crippen LogP contribution is 2.45.